The molecule has 5 heteroatoms. The van der Waals surface area contributed by atoms with Gasteiger partial charge in [-0.15, -0.1) is 0 Å². The zero-order valence-corrected chi connectivity index (χ0v) is 5.92. The van der Waals surface area contributed by atoms with Gasteiger partial charge in [-0.25, -0.2) is 0 Å². The molecule has 0 radical (unpaired) electrons. The molecule has 1 aliphatic rings. The van der Waals surface area contributed by atoms with E-state index in [-0.39, 0.29) is 13.0 Å². The van der Waals surface area contributed by atoms with Gasteiger partial charge in [-0.05, 0) is 0 Å². The topological polar surface area (TPSA) is 90.2 Å². The molecule has 66 valence electrons. The van der Waals surface area contributed by atoms with Crippen molar-refractivity contribution in [1.82, 2.24) is 0 Å². The minimum absolute atomic E-state index is 0.148. The summed E-state index contributed by atoms with van der Waals surface area (Å²) in [6.45, 7) is -0.263. The van der Waals surface area contributed by atoms with Crippen LogP contribution in [0.25, 0.3) is 0 Å². The van der Waals surface area contributed by atoms with Gasteiger partial charge in [-0.1, -0.05) is 0 Å². The second kappa shape index (κ2) is 3.46. The summed E-state index contributed by atoms with van der Waals surface area (Å²) < 4.78 is 4.71. The van der Waals surface area contributed by atoms with E-state index >= 15 is 0 Å². The van der Waals surface area contributed by atoms with E-state index < -0.39 is 24.6 Å². The third-order valence-electron chi connectivity index (χ3n) is 1.73. The van der Waals surface area contributed by atoms with Crippen molar-refractivity contribution in [2.75, 3.05) is 6.61 Å². The highest BCUT2D eigenvalue weighted by Gasteiger charge is 2.34. The van der Waals surface area contributed by atoms with Crippen molar-refractivity contribution >= 4 is 0 Å². The average molecular weight is 164 g/mol. The van der Waals surface area contributed by atoms with Gasteiger partial charge in [-0.2, -0.15) is 0 Å². The molecule has 0 aliphatic carbocycles. The van der Waals surface area contributed by atoms with Gasteiger partial charge in [0, 0.05) is 6.42 Å². The van der Waals surface area contributed by atoms with E-state index in [9.17, 15) is 0 Å². The van der Waals surface area contributed by atoms with Gasteiger partial charge in [0.05, 0.1) is 18.8 Å². The third-order valence-corrected chi connectivity index (χ3v) is 1.73. The molecule has 4 atom stereocenters. The normalized spacial score (nSPS) is 45.8. The van der Waals surface area contributed by atoms with E-state index in [1.165, 1.54) is 0 Å². The van der Waals surface area contributed by atoms with E-state index in [2.05, 4.69) is 0 Å². The number of aliphatic hydroxyl groups is 4. The van der Waals surface area contributed by atoms with Crippen LogP contribution in [0, 0.1) is 0 Å². The molecule has 1 rings (SSSR count). The molecule has 4 N–H and O–H groups in total. The first kappa shape index (κ1) is 8.89. The monoisotopic (exact) mass is 164 g/mol. The SMILES string of the molecule is OC[C@@H]1C[C@H](O)[C@H](O)C(O)O1. The van der Waals surface area contributed by atoms with Crippen molar-refractivity contribution in [2.24, 2.45) is 0 Å². The number of hydrogen-bond acceptors (Lipinski definition) is 5. The number of rotatable bonds is 1. The van der Waals surface area contributed by atoms with Gasteiger partial charge in [0.2, 0.25) is 0 Å². The molecular weight excluding hydrogens is 152 g/mol. The molecule has 11 heavy (non-hydrogen) atoms. The highest BCUT2D eigenvalue weighted by molar-refractivity contribution is 4.79. The Hall–Kier alpha value is -0.200. The summed E-state index contributed by atoms with van der Waals surface area (Å²) in [5.41, 5.74) is 0. The number of ether oxygens (including phenoxy) is 1. The first-order chi connectivity index (χ1) is 5.15. The van der Waals surface area contributed by atoms with Crippen LogP contribution in [0.3, 0.4) is 0 Å². The third kappa shape index (κ3) is 1.88. The van der Waals surface area contributed by atoms with Gasteiger partial charge in [0.1, 0.15) is 6.10 Å². The predicted octanol–water partition coefficient (Wildman–Crippen LogP) is -2.19. The van der Waals surface area contributed by atoms with Crippen LogP contribution in [0.2, 0.25) is 0 Å². The lowest BCUT2D eigenvalue weighted by molar-refractivity contribution is -0.251. The smallest absolute Gasteiger partial charge is 0.183 e. The zero-order chi connectivity index (χ0) is 8.43. The summed E-state index contributed by atoms with van der Waals surface area (Å²) in [5, 5.41) is 35.5. The molecule has 1 aliphatic heterocycles. The highest BCUT2D eigenvalue weighted by atomic mass is 16.6. The molecule has 1 saturated heterocycles. The Morgan fingerprint density at radius 3 is 2.36 bits per heavy atom. The molecule has 0 aromatic carbocycles. The molecule has 1 fully saturated rings. The van der Waals surface area contributed by atoms with Crippen molar-refractivity contribution in [3.05, 3.63) is 0 Å². The standard InChI is InChI=1S/C6H12O5/c7-2-3-1-4(8)5(9)6(10)11-3/h3-10H,1-2H2/t3-,4-,5-,6?/m0/s1. The first-order valence-corrected chi connectivity index (χ1v) is 3.45. The summed E-state index contributed by atoms with van der Waals surface area (Å²) in [6.07, 6.45) is -4.11. The van der Waals surface area contributed by atoms with Crippen LogP contribution in [0.5, 0.6) is 0 Å². The van der Waals surface area contributed by atoms with Crippen LogP contribution in [0.4, 0.5) is 0 Å². The molecule has 1 heterocycles. The highest BCUT2D eigenvalue weighted by Crippen LogP contribution is 2.17. The largest absolute Gasteiger partial charge is 0.394 e. The Morgan fingerprint density at radius 1 is 1.27 bits per heavy atom. The second-order valence-electron chi connectivity index (χ2n) is 2.62. The van der Waals surface area contributed by atoms with Gasteiger partial charge in [0.15, 0.2) is 6.29 Å². The minimum atomic E-state index is -1.39. The molecule has 5 nitrogen and oxygen atoms in total. The number of hydrogen-bond donors (Lipinski definition) is 4. The minimum Gasteiger partial charge on any atom is -0.394 e. The quantitative estimate of drug-likeness (QED) is 0.353. The predicted molar refractivity (Wildman–Crippen MR) is 34.6 cm³/mol. The molecule has 0 aromatic heterocycles. The van der Waals surface area contributed by atoms with Crippen LogP contribution < -0.4 is 0 Å². The van der Waals surface area contributed by atoms with E-state index in [0.29, 0.717) is 0 Å². The van der Waals surface area contributed by atoms with Crippen LogP contribution in [-0.2, 0) is 4.74 Å². The van der Waals surface area contributed by atoms with Crippen molar-refractivity contribution < 1.29 is 25.2 Å². The summed E-state index contributed by atoms with van der Waals surface area (Å²) in [5.74, 6) is 0. The molecule has 1 unspecified atom stereocenters. The van der Waals surface area contributed by atoms with Crippen molar-refractivity contribution in [3.63, 3.8) is 0 Å². The summed E-state index contributed by atoms with van der Waals surface area (Å²) in [7, 11) is 0. The fourth-order valence-corrected chi connectivity index (χ4v) is 1.05. The Balaban J connectivity index is 2.47. The van der Waals surface area contributed by atoms with Crippen molar-refractivity contribution in [1.29, 1.82) is 0 Å². The Bertz CT molecular complexity index is 116. The maximum Gasteiger partial charge on any atom is 0.183 e. The summed E-state index contributed by atoms with van der Waals surface area (Å²) >= 11 is 0. The summed E-state index contributed by atoms with van der Waals surface area (Å²) in [6, 6.07) is 0. The Morgan fingerprint density at radius 2 is 1.91 bits per heavy atom. The lowest BCUT2D eigenvalue weighted by Crippen LogP contribution is -2.49. The van der Waals surface area contributed by atoms with E-state index in [0.717, 1.165) is 0 Å². The van der Waals surface area contributed by atoms with Crippen molar-refractivity contribution in [2.45, 2.75) is 31.0 Å². The van der Waals surface area contributed by atoms with Gasteiger partial charge < -0.3 is 25.2 Å². The van der Waals surface area contributed by atoms with Crippen LogP contribution in [-0.4, -0.2) is 51.6 Å². The fourth-order valence-electron chi connectivity index (χ4n) is 1.05. The fraction of sp³-hybridized carbons (Fsp3) is 1.00. The van der Waals surface area contributed by atoms with Crippen LogP contribution in [0.1, 0.15) is 6.42 Å². The van der Waals surface area contributed by atoms with Gasteiger partial charge >= 0.3 is 0 Å². The average Bonchev–Trinajstić information content (AvgIpc) is 1.99. The maximum absolute atomic E-state index is 9.05. The van der Waals surface area contributed by atoms with E-state index in [4.69, 9.17) is 25.2 Å². The zero-order valence-electron chi connectivity index (χ0n) is 5.92. The lowest BCUT2D eigenvalue weighted by Gasteiger charge is -2.33. The van der Waals surface area contributed by atoms with Gasteiger partial charge in [-0.3, -0.25) is 0 Å². The molecule has 0 saturated carbocycles. The lowest BCUT2D eigenvalue weighted by atomic mass is 10.0. The van der Waals surface area contributed by atoms with E-state index in [1.54, 1.807) is 0 Å². The second-order valence-corrected chi connectivity index (χ2v) is 2.62. The molecule has 0 aromatic rings. The van der Waals surface area contributed by atoms with E-state index in [1.807, 2.05) is 0 Å². The number of aliphatic hydroxyl groups excluding tert-OH is 4. The Kier molecular flexibility index (Phi) is 2.80. The maximum atomic E-state index is 9.05. The van der Waals surface area contributed by atoms with Crippen LogP contribution in [0.15, 0.2) is 0 Å². The molecule has 0 amide bonds. The molecule has 0 bridgehead atoms. The Labute approximate surface area is 63.8 Å². The first-order valence-electron chi connectivity index (χ1n) is 3.45. The van der Waals surface area contributed by atoms with Crippen LogP contribution >= 0.6 is 0 Å². The molecular formula is C6H12O5. The van der Waals surface area contributed by atoms with Crippen molar-refractivity contribution in [3.8, 4) is 0 Å². The molecule has 0 spiro atoms. The summed E-state index contributed by atoms with van der Waals surface area (Å²) in [4.78, 5) is 0. The van der Waals surface area contributed by atoms with Gasteiger partial charge in [0.25, 0.3) is 0 Å².